The number of hydrogen-bond donors (Lipinski definition) is 4. The van der Waals surface area contributed by atoms with Crippen molar-refractivity contribution >= 4 is 23.0 Å². The van der Waals surface area contributed by atoms with Crippen LogP contribution in [0.4, 0.5) is 4.79 Å². The third-order valence-electron chi connectivity index (χ3n) is 4.05. The number of amides is 2. The van der Waals surface area contributed by atoms with Crippen LogP contribution in [0, 0.1) is 0 Å². The largest absolute Gasteiger partial charge is 0.465 e. The molecule has 9 heteroatoms. The Labute approximate surface area is 130 Å². The first-order chi connectivity index (χ1) is 11.0. The maximum atomic E-state index is 12.4. The number of nitrogens with one attached hydrogen (secondary N) is 2. The number of carbonyl (C=O) groups excluding carboxylic acids is 1. The second-order valence-corrected chi connectivity index (χ2v) is 5.49. The lowest BCUT2D eigenvalue weighted by Gasteiger charge is -2.33. The molecule has 1 aromatic carbocycles. The summed E-state index contributed by atoms with van der Waals surface area (Å²) in [5, 5.41) is 19.7. The molecule has 1 aliphatic heterocycles. The lowest BCUT2D eigenvalue weighted by molar-refractivity contribution is -0.0997. The fourth-order valence-corrected chi connectivity index (χ4v) is 2.77. The van der Waals surface area contributed by atoms with Gasteiger partial charge >= 0.3 is 11.8 Å². The SMILES string of the molecule is O=C(O)N1CCC(N(O)C(=O)c2ccc3[nH]c(=O)[nH]c3c2)CC1. The Bertz CT molecular complexity index is 803. The monoisotopic (exact) mass is 320 g/mol. The van der Waals surface area contributed by atoms with E-state index in [1.165, 1.54) is 17.0 Å². The van der Waals surface area contributed by atoms with Crippen molar-refractivity contribution < 1.29 is 19.9 Å². The maximum Gasteiger partial charge on any atom is 0.407 e. The van der Waals surface area contributed by atoms with Gasteiger partial charge in [-0.05, 0) is 31.0 Å². The Morgan fingerprint density at radius 2 is 1.83 bits per heavy atom. The first-order valence-corrected chi connectivity index (χ1v) is 7.18. The van der Waals surface area contributed by atoms with Crippen LogP contribution < -0.4 is 5.69 Å². The number of aromatic amines is 2. The molecule has 2 heterocycles. The van der Waals surface area contributed by atoms with Crippen molar-refractivity contribution in [2.45, 2.75) is 18.9 Å². The van der Waals surface area contributed by atoms with Crippen molar-refractivity contribution in [3.05, 3.63) is 34.2 Å². The molecule has 0 spiro atoms. The first-order valence-electron chi connectivity index (χ1n) is 7.18. The van der Waals surface area contributed by atoms with Crippen molar-refractivity contribution in [3.63, 3.8) is 0 Å². The van der Waals surface area contributed by atoms with Crippen LogP contribution in [0.1, 0.15) is 23.2 Å². The lowest BCUT2D eigenvalue weighted by Crippen LogP contribution is -2.47. The van der Waals surface area contributed by atoms with Gasteiger partial charge in [-0.25, -0.2) is 14.7 Å². The Morgan fingerprint density at radius 3 is 2.48 bits per heavy atom. The molecule has 2 amide bonds. The van der Waals surface area contributed by atoms with E-state index >= 15 is 0 Å². The number of carbonyl (C=O) groups is 2. The minimum absolute atomic E-state index is 0.246. The van der Waals surface area contributed by atoms with Crippen LogP contribution in [-0.2, 0) is 0 Å². The molecule has 0 saturated carbocycles. The number of rotatable bonds is 2. The number of nitrogens with zero attached hydrogens (tertiary/aromatic N) is 2. The van der Waals surface area contributed by atoms with Gasteiger partial charge < -0.3 is 20.0 Å². The summed E-state index contributed by atoms with van der Waals surface area (Å²) >= 11 is 0. The molecule has 1 fully saturated rings. The predicted octanol–water partition coefficient (Wildman–Crippen LogP) is 0.830. The van der Waals surface area contributed by atoms with Gasteiger partial charge in [0, 0.05) is 18.7 Å². The van der Waals surface area contributed by atoms with Crippen molar-refractivity contribution in [3.8, 4) is 0 Å². The van der Waals surface area contributed by atoms with E-state index in [-0.39, 0.29) is 24.3 Å². The van der Waals surface area contributed by atoms with Gasteiger partial charge in [0.1, 0.15) is 0 Å². The summed E-state index contributed by atoms with van der Waals surface area (Å²) < 4.78 is 0. The average molecular weight is 320 g/mol. The number of benzene rings is 1. The average Bonchev–Trinajstić information content (AvgIpc) is 2.92. The topological polar surface area (TPSA) is 130 Å². The number of likely N-dealkylation sites (tertiary alicyclic amines) is 1. The molecule has 9 nitrogen and oxygen atoms in total. The molecule has 4 N–H and O–H groups in total. The molecular weight excluding hydrogens is 304 g/mol. The number of fused-ring (bicyclic) bond motifs is 1. The van der Waals surface area contributed by atoms with Gasteiger partial charge in [-0.3, -0.25) is 10.0 Å². The summed E-state index contributed by atoms with van der Waals surface area (Å²) in [6, 6.07) is 4.16. The molecule has 0 atom stereocenters. The Morgan fingerprint density at radius 1 is 1.17 bits per heavy atom. The van der Waals surface area contributed by atoms with Crippen LogP contribution in [-0.4, -0.2) is 61.4 Å². The van der Waals surface area contributed by atoms with Crippen molar-refractivity contribution in [1.82, 2.24) is 19.9 Å². The summed E-state index contributed by atoms with van der Waals surface area (Å²) in [6.45, 7) is 0.545. The van der Waals surface area contributed by atoms with Gasteiger partial charge in [0.2, 0.25) is 0 Å². The predicted molar refractivity (Wildman–Crippen MR) is 79.5 cm³/mol. The molecule has 1 aromatic heterocycles. The van der Waals surface area contributed by atoms with Crippen molar-refractivity contribution in [2.24, 2.45) is 0 Å². The molecule has 2 aromatic rings. The number of aromatic nitrogens is 2. The van der Waals surface area contributed by atoms with Gasteiger partial charge in [0.05, 0.1) is 17.1 Å². The van der Waals surface area contributed by atoms with E-state index in [9.17, 15) is 19.6 Å². The smallest absolute Gasteiger partial charge is 0.407 e. The quantitative estimate of drug-likeness (QED) is 0.481. The van der Waals surface area contributed by atoms with E-state index in [0.717, 1.165) is 0 Å². The minimum Gasteiger partial charge on any atom is -0.465 e. The highest BCUT2D eigenvalue weighted by Gasteiger charge is 2.29. The van der Waals surface area contributed by atoms with Crippen molar-refractivity contribution in [2.75, 3.05) is 13.1 Å². The highest BCUT2D eigenvalue weighted by Crippen LogP contribution is 2.19. The van der Waals surface area contributed by atoms with E-state index < -0.39 is 18.0 Å². The van der Waals surface area contributed by atoms with Crippen LogP contribution >= 0.6 is 0 Å². The van der Waals surface area contributed by atoms with Gasteiger partial charge in [-0.2, -0.15) is 0 Å². The van der Waals surface area contributed by atoms with Crippen LogP contribution in [0.2, 0.25) is 0 Å². The van der Waals surface area contributed by atoms with Gasteiger partial charge in [-0.1, -0.05) is 0 Å². The number of piperidine rings is 1. The fourth-order valence-electron chi connectivity index (χ4n) is 2.77. The third kappa shape index (κ3) is 2.90. The molecule has 1 aliphatic rings. The van der Waals surface area contributed by atoms with Crippen LogP contribution in [0.5, 0.6) is 0 Å². The molecule has 0 radical (unpaired) electrons. The Hall–Kier alpha value is -2.81. The van der Waals surface area contributed by atoms with E-state index in [1.54, 1.807) is 6.07 Å². The summed E-state index contributed by atoms with van der Waals surface area (Å²) in [5.74, 6) is -0.581. The lowest BCUT2D eigenvalue weighted by atomic mass is 10.0. The molecular formula is C14H16N4O5. The van der Waals surface area contributed by atoms with Gasteiger partial charge in [0.25, 0.3) is 5.91 Å². The second kappa shape index (κ2) is 5.76. The van der Waals surface area contributed by atoms with Crippen LogP contribution in [0.25, 0.3) is 11.0 Å². The van der Waals surface area contributed by atoms with Gasteiger partial charge in [0.15, 0.2) is 0 Å². The number of hydroxylamine groups is 2. The second-order valence-electron chi connectivity index (χ2n) is 5.49. The molecule has 3 rings (SSSR count). The maximum absolute atomic E-state index is 12.4. The summed E-state index contributed by atoms with van der Waals surface area (Å²) in [5.41, 5.74) is 0.933. The Kier molecular flexibility index (Phi) is 3.78. The van der Waals surface area contributed by atoms with Crippen molar-refractivity contribution in [1.29, 1.82) is 0 Å². The number of H-pyrrole nitrogens is 2. The zero-order chi connectivity index (χ0) is 16.6. The Balaban J connectivity index is 1.73. The molecule has 23 heavy (non-hydrogen) atoms. The molecule has 0 bridgehead atoms. The number of imidazole rings is 1. The van der Waals surface area contributed by atoms with Crippen LogP contribution in [0.3, 0.4) is 0 Å². The van der Waals surface area contributed by atoms with E-state index in [0.29, 0.717) is 28.9 Å². The van der Waals surface area contributed by atoms with E-state index in [1.807, 2.05) is 0 Å². The molecule has 122 valence electrons. The highest BCUT2D eigenvalue weighted by molar-refractivity contribution is 5.96. The summed E-state index contributed by atoms with van der Waals surface area (Å²) in [7, 11) is 0. The number of carboxylic acid groups (broad SMARTS) is 1. The minimum atomic E-state index is -0.999. The molecule has 0 unspecified atom stereocenters. The first kappa shape index (κ1) is 15.1. The zero-order valence-corrected chi connectivity index (χ0v) is 12.2. The fraction of sp³-hybridized carbons (Fsp3) is 0.357. The summed E-state index contributed by atoms with van der Waals surface area (Å²) in [4.78, 5) is 40.8. The van der Waals surface area contributed by atoms with Gasteiger partial charge in [-0.15, -0.1) is 0 Å². The normalized spacial score (nSPS) is 15.8. The number of hydrogen-bond acceptors (Lipinski definition) is 4. The van der Waals surface area contributed by atoms with E-state index in [2.05, 4.69) is 9.97 Å². The third-order valence-corrected chi connectivity index (χ3v) is 4.05. The van der Waals surface area contributed by atoms with Crippen LogP contribution in [0.15, 0.2) is 23.0 Å². The molecule has 1 saturated heterocycles. The molecule has 0 aliphatic carbocycles. The summed E-state index contributed by atoms with van der Waals surface area (Å²) in [6.07, 6.45) is -0.253. The van der Waals surface area contributed by atoms with E-state index in [4.69, 9.17) is 5.11 Å². The zero-order valence-electron chi connectivity index (χ0n) is 12.2. The standard InChI is InChI=1S/C14H16N4O5/c19-12(8-1-2-10-11(7-8)16-13(20)15-10)18(23)9-3-5-17(6-4-9)14(21)22/h1-2,7,9,23H,3-6H2,(H,21,22)(H2,15,16,20). The highest BCUT2D eigenvalue weighted by atomic mass is 16.5.